The number of rotatable bonds is 7. The van der Waals surface area contributed by atoms with Crippen molar-refractivity contribution in [1.29, 1.82) is 5.41 Å². The zero-order chi connectivity index (χ0) is 17.6. The quantitative estimate of drug-likeness (QED) is 0.567. The highest BCUT2D eigenvalue weighted by atomic mass is 16.5. The number of quaternary nitrogens is 1. The molecule has 134 valence electrons. The highest BCUT2D eigenvalue weighted by Crippen LogP contribution is 2.23. The molecule has 2 aromatic heterocycles. The normalized spacial score (nSPS) is 18.3. The Morgan fingerprint density at radius 3 is 3.16 bits per heavy atom. The largest absolute Gasteiger partial charge is 0.477 e. The van der Waals surface area contributed by atoms with Gasteiger partial charge in [-0.15, -0.1) is 0 Å². The van der Waals surface area contributed by atoms with E-state index in [-0.39, 0.29) is 0 Å². The third-order valence-electron chi connectivity index (χ3n) is 4.04. The van der Waals surface area contributed by atoms with Gasteiger partial charge in [0.25, 0.3) is 0 Å². The molecule has 0 saturated carbocycles. The Labute approximate surface area is 146 Å². The average Bonchev–Trinajstić information content (AvgIpc) is 3.08. The van der Waals surface area contributed by atoms with Crippen molar-refractivity contribution in [2.45, 2.75) is 32.7 Å². The minimum absolute atomic E-state index is 0.385. The number of nitrogens with zero attached hydrogens (tertiary/aromatic N) is 2. The summed E-state index contributed by atoms with van der Waals surface area (Å²) >= 11 is 0. The SMILES string of the molecule is CCOc1nc(N/C(=C/[NH2+]C2CCCOC2)C(C)=N)nc2[nH]ccc12. The molecule has 25 heavy (non-hydrogen) atoms. The molecule has 8 nitrogen and oxygen atoms in total. The van der Waals surface area contributed by atoms with Crippen LogP contribution in [0.15, 0.2) is 24.2 Å². The van der Waals surface area contributed by atoms with Crippen LogP contribution in [0.2, 0.25) is 0 Å². The molecule has 2 aromatic rings. The van der Waals surface area contributed by atoms with Crippen LogP contribution < -0.4 is 15.4 Å². The van der Waals surface area contributed by atoms with Gasteiger partial charge in [0.05, 0.1) is 24.3 Å². The molecule has 0 spiro atoms. The molecule has 3 rings (SSSR count). The van der Waals surface area contributed by atoms with E-state index < -0.39 is 0 Å². The van der Waals surface area contributed by atoms with Crippen LogP contribution in [0.25, 0.3) is 11.0 Å². The van der Waals surface area contributed by atoms with Crippen molar-refractivity contribution in [3.05, 3.63) is 24.2 Å². The van der Waals surface area contributed by atoms with Crippen LogP contribution in [0.5, 0.6) is 5.88 Å². The van der Waals surface area contributed by atoms with Crippen molar-refractivity contribution in [2.24, 2.45) is 0 Å². The lowest BCUT2D eigenvalue weighted by Gasteiger charge is -2.19. The van der Waals surface area contributed by atoms with Crippen molar-refractivity contribution in [1.82, 2.24) is 15.0 Å². The molecule has 1 atom stereocenters. The maximum atomic E-state index is 8.01. The highest BCUT2D eigenvalue weighted by molar-refractivity contribution is 5.97. The minimum Gasteiger partial charge on any atom is -0.477 e. The fourth-order valence-corrected chi connectivity index (χ4v) is 2.75. The van der Waals surface area contributed by atoms with E-state index in [2.05, 4.69) is 25.6 Å². The van der Waals surface area contributed by atoms with Gasteiger partial charge in [0.15, 0.2) is 0 Å². The van der Waals surface area contributed by atoms with Crippen LogP contribution in [-0.2, 0) is 4.74 Å². The summed E-state index contributed by atoms with van der Waals surface area (Å²) in [5.41, 5.74) is 1.78. The number of hydrogen-bond donors (Lipinski definition) is 4. The summed E-state index contributed by atoms with van der Waals surface area (Å²) in [6, 6.07) is 2.27. The fraction of sp³-hybridized carbons (Fsp3) is 0.471. The van der Waals surface area contributed by atoms with Gasteiger partial charge in [0.1, 0.15) is 23.6 Å². The molecule has 1 unspecified atom stereocenters. The number of ether oxygens (including phenoxy) is 2. The first-order chi connectivity index (χ1) is 12.2. The molecule has 1 fully saturated rings. The second kappa shape index (κ2) is 8.09. The zero-order valence-corrected chi connectivity index (χ0v) is 14.6. The summed E-state index contributed by atoms with van der Waals surface area (Å²) in [4.78, 5) is 12.0. The third kappa shape index (κ3) is 4.34. The first-order valence-corrected chi connectivity index (χ1v) is 8.60. The Bertz CT molecular complexity index is 764. The van der Waals surface area contributed by atoms with Gasteiger partial charge in [0, 0.05) is 19.2 Å². The number of anilines is 1. The van der Waals surface area contributed by atoms with E-state index in [4.69, 9.17) is 14.9 Å². The minimum atomic E-state index is 0.385. The predicted octanol–water partition coefficient (Wildman–Crippen LogP) is 1.39. The van der Waals surface area contributed by atoms with Gasteiger partial charge in [-0.2, -0.15) is 9.97 Å². The summed E-state index contributed by atoms with van der Waals surface area (Å²) in [6.07, 6.45) is 5.91. The fourth-order valence-electron chi connectivity index (χ4n) is 2.75. The number of aromatic nitrogens is 3. The number of nitrogens with two attached hydrogens (primary N) is 1. The maximum Gasteiger partial charge on any atom is 0.232 e. The molecule has 8 heteroatoms. The number of H-pyrrole nitrogens is 1. The molecular weight excluding hydrogens is 320 g/mol. The summed E-state index contributed by atoms with van der Waals surface area (Å²) < 4.78 is 11.1. The van der Waals surface area contributed by atoms with E-state index in [1.165, 1.54) is 0 Å². The van der Waals surface area contributed by atoms with Gasteiger partial charge >= 0.3 is 0 Å². The van der Waals surface area contributed by atoms with Gasteiger partial charge in [-0.05, 0) is 26.3 Å². The van der Waals surface area contributed by atoms with Crippen LogP contribution in [0, 0.1) is 5.41 Å². The van der Waals surface area contributed by atoms with Gasteiger partial charge < -0.3 is 30.5 Å². The molecule has 3 heterocycles. The summed E-state index contributed by atoms with van der Waals surface area (Å²) in [5, 5.41) is 14.1. The number of nitrogens with one attached hydrogen (secondary N) is 3. The Hall–Kier alpha value is -2.45. The molecule has 1 saturated heterocycles. The van der Waals surface area contributed by atoms with Crippen molar-refractivity contribution < 1.29 is 14.8 Å². The van der Waals surface area contributed by atoms with Crippen LogP contribution in [-0.4, -0.2) is 46.5 Å². The molecular formula is C17H25N6O2+. The lowest BCUT2D eigenvalue weighted by molar-refractivity contribution is -0.632. The Morgan fingerprint density at radius 1 is 1.56 bits per heavy atom. The molecule has 0 aromatic carbocycles. The second-order valence-electron chi connectivity index (χ2n) is 6.03. The first kappa shape index (κ1) is 17.4. The van der Waals surface area contributed by atoms with Crippen LogP contribution in [0.4, 0.5) is 5.95 Å². The number of fused-ring (bicyclic) bond motifs is 1. The van der Waals surface area contributed by atoms with Crippen LogP contribution in [0.1, 0.15) is 26.7 Å². The first-order valence-electron chi connectivity index (χ1n) is 8.60. The topological polar surface area (TPSA) is 113 Å². The zero-order valence-electron chi connectivity index (χ0n) is 14.6. The Kier molecular flexibility index (Phi) is 5.62. The van der Waals surface area contributed by atoms with Crippen molar-refractivity contribution in [3.63, 3.8) is 0 Å². The van der Waals surface area contributed by atoms with Gasteiger partial charge in [-0.1, -0.05) is 0 Å². The predicted molar refractivity (Wildman–Crippen MR) is 95.9 cm³/mol. The van der Waals surface area contributed by atoms with E-state index in [0.29, 0.717) is 41.5 Å². The van der Waals surface area contributed by atoms with Crippen LogP contribution >= 0.6 is 0 Å². The van der Waals surface area contributed by atoms with Crippen molar-refractivity contribution in [2.75, 3.05) is 25.1 Å². The van der Waals surface area contributed by atoms with E-state index >= 15 is 0 Å². The van der Waals surface area contributed by atoms with E-state index in [1.54, 1.807) is 13.1 Å². The van der Waals surface area contributed by atoms with E-state index in [9.17, 15) is 0 Å². The lowest BCUT2D eigenvalue weighted by atomic mass is 10.1. The van der Waals surface area contributed by atoms with Gasteiger partial charge in [-0.3, -0.25) is 0 Å². The average molecular weight is 345 g/mol. The van der Waals surface area contributed by atoms with Crippen molar-refractivity contribution in [3.8, 4) is 5.88 Å². The van der Waals surface area contributed by atoms with E-state index in [0.717, 1.165) is 31.4 Å². The molecule has 0 radical (unpaired) electrons. The Morgan fingerprint density at radius 2 is 2.44 bits per heavy atom. The van der Waals surface area contributed by atoms with Crippen LogP contribution in [0.3, 0.4) is 0 Å². The molecule has 5 N–H and O–H groups in total. The molecule has 0 aliphatic carbocycles. The molecule has 1 aliphatic heterocycles. The lowest BCUT2D eigenvalue weighted by Crippen LogP contribution is -2.86. The molecule has 0 amide bonds. The number of hydrogen-bond acceptors (Lipinski definition) is 6. The Balaban J connectivity index is 1.79. The molecule has 0 bridgehead atoms. The van der Waals surface area contributed by atoms with E-state index in [1.807, 2.05) is 19.2 Å². The van der Waals surface area contributed by atoms with Crippen molar-refractivity contribution >= 4 is 22.7 Å². The van der Waals surface area contributed by atoms with Gasteiger partial charge in [0.2, 0.25) is 11.8 Å². The smallest absolute Gasteiger partial charge is 0.232 e. The number of aromatic amines is 1. The molecule has 1 aliphatic rings. The standard InChI is InChI=1S/C17H24N6O2/c1-3-25-16-13-6-7-19-15(13)22-17(23-16)21-14(11(2)18)9-20-12-5-4-8-24-10-12/h6-7,9,12,18,20H,3-5,8,10H2,1-2H3,(H2,19,21,22,23)/p+1/b14-9+,18-11?. The van der Waals surface area contributed by atoms with Gasteiger partial charge in [-0.25, -0.2) is 0 Å². The number of allylic oxidation sites excluding steroid dienone is 1. The third-order valence-corrected chi connectivity index (χ3v) is 4.04. The summed E-state index contributed by atoms with van der Waals surface area (Å²) in [7, 11) is 0. The monoisotopic (exact) mass is 345 g/mol. The highest BCUT2D eigenvalue weighted by Gasteiger charge is 2.17. The summed E-state index contributed by atoms with van der Waals surface area (Å²) in [5.74, 6) is 0.937. The summed E-state index contributed by atoms with van der Waals surface area (Å²) in [6.45, 7) is 5.76. The second-order valence-corrected chi connectivity index (χ2v) is 6.03. The maximum absolute atomic E-state index is 8.01.